The maximum Gasteiger partial charge on any atom is 0.303 e. The van der Waals surface area contributed by atoms with Crippen molar-refractivity contribution in [3.8, 4) is 17.2 Å². The number of ketones is 1. The third-order valence-electron chi connectivity index (χ3n) is 7.63. The number of methoxy groups -OCH3 is 3. The van der Waals surface area contributed by atoms with Crippen LogP contribution in [0.2, 0.25) is 0 Å². The number of rotatable bonds is 8. The molecule has 0 saturated heterocycles. The molecule has 2 N–H and O–H groups in total. The zero-order chi connectivity index (χ0) is 30.0. The zero-order valence-corrected chi connectivity index (χ0v) is 23.5. The van der Waals surface area contributed by atoms with Crippen molar-refractivity contribution in [3.05, 3.63) is 88.9 Å². The number of nitrogens with zero attached hydrogens (tertiary/aromatic N) is 1. The largest absolute Gasteiger partial charge is 0.493 e. The molecule has 1 aliphatic heterocycles. The molecule has 0 fully saturated rings. The normalized spacial score (nSPS) is 17.9. The minimum atomic E-state index is -1.12. The van der Waals surface area contributed by atoms with Crippen LogP contribution < -0.4 is 24.4 Å². The molecule has 1 aliphatic carbocycles. The summed E-state index contributed by atoms with van der Waals surface area (Å²) in [6, 6.07) is 15.5. The third-order valence-corrected chi connectivity index (χ3v) is 7.63. The van der Waals surface area contributed by atoms with Gasteiger partial charge in [-0.25, -0.2) is 4.39 Å². The van der Waals surface area contributed by atoms with Gasteiger partial charge < -0.3 is 24.6 Å². The number of carboxylic acid groups (broad SMARTS) is 1. The minimum absolute atomic E-state index is 0.110. The highest BCUT2D eigenvalue weighted by molar-refractivity contribution is 6.06. The van der Waals surface area contributed by atoms with E-state index < -0.39 is 23.7 Å². The zero-order valence-electron chi connectivity index (χ0n) is 23.5. The number of para-hydroxylation sites is 2. The summed E-state index contributed by atoms with van der Waals surface area (Å²) in [4.78, 5) is 40.7. The molecule has 2 unspecified atom stereocenters. The number of carbonyl (C=O) groups is 3. The summed E-state index contributed by atoms with van der Waals surface area (Å²) in [5.41, 5.74) is 3.19. The van der Waals surface area contributed by atoms with Crippen LogP contribution in [0.4, 0.5) is 15.8 Å². The van der Waals surface area contributed by atoms with Crippen LogP contribution in [0.25, 0.3) is 0 Å². The summed E-state index contributed by atoms with van der Waals surface area (Å²) in [6.07, 6.45) is -0.167. The smallest absolute Gasteiger partial charge is 0.303 e. The van der Waals surface area contributed by atoms with Crippen molar-refractivity contribution in [2.75, 3.05) is 31.5 Å². The van der Waals surface area contributed by atoms with E-state index in [1.54, 1.807) is 30.3 Å². The van der Waals surface area contributed by atoms with Crippen LogP contribution in [0.5, 0.6) is 17.2 Å². The van der Waals surface area contributed by atoms with E-state index in [2.05, 4.69) is 5.32 Å². The van der Waals surface area contributed by atoms with Crippen LogP contribution in [0.1, 0.15) is 48.8 Å². The number of carboxylic acids is 1. The van der Waals surface area contributed by atoms with E-state index in [0.717, 1.165) is 5.56 Å². The van der Waals surface area contributed by atoms with Gasteiger partial charge in [0.2, 0.25) is 11.7 Å². The minimum Gasteiger partial charge on any atom is -0.493 e. The van der Waals surface area contributed by atoms with Gasteiger partial charge in [0.1, 0.15) is 5.82 Å². The lowest BCUT2D eigenvalue weighted by Gasteiger charge is -2.35. The molecule has 3 aromatic rings. The molecular formula is C32H31FN2O7. The maximum atomic E-state index is 14.6. The standard InChI is InChI=1S/C32H31FN2O7/c1-40-26-16-20(17-27(41-2)32(26)42-3)19-14-23-30(25(36)15-19)31(18-7-6-8-21(33)13-18)35(28(37)11-12-29(38)39)24-10-5-4-9-22(24)34-23/h4-10,13,16-17,19,31,34H,11-12,14-15H2,1-3H3,(H,38,39). The Morgan fingerprint density at radius 3 is 2.29 bits per heavy atom. The first-order chi connectivity index (χ1) is 20.2. The number of amides is 1. The molecule has 42 heavy (non-hydrogen) atoms. The summed E-state index contributed by atoms with van der Waals surface area (Å²) in [7, 11) is 4.57. The highest BCUT2D eigenvalue weighted by atomic mass is 19.1. The number of carbonyl (C=O) groups excluding carboxylic acids is 2. The van der Waals surface area contributed by atoms with E-state index in [1.807, 2.05) is 12.1 Å². The number of aliphatic carboxylic acids is 1. The van der Waals surface area contributed by atoms with Crippen molar-refractivity contribution in [2.45, 2.75) is 37.6 Å². The molecule has 3 aromatic carbocycles. The topological polar surface area (TPSA) is 114 Å². The summed E-state index contributed by atoms with van der Waals surface area (Å²) in [5.74, 6) is -1.25. The Morgan fingerprint density at radius 1 is 0.929 bits per heavy atom. The molecule has 0 spiro atoms. The van der Waals surface area contributed by atoms with Gasteiger partial charge in [0.05, 0.1) is 45.2 Å². The number of hydrogen-bond acceptors (Lipinski definition) is 7. The fraction of sp³-hybridized carbons (Fsp3) is 0.281. The van der Waals surface area contributed by atoms with Crippen LogP contribution in [-0.4, -0.2) is 44.1 Å². The van der Waals surface area contributed by atoms with Crippen LogP contribution in [0.15, 0.2) is 71.9 Å². The van der Waals surface area contributed by atoms with E-state index >= 15 is 0 Å². The van der Waals surface area contributed by atoms with Crippen LogP contribution >= 0.6 is 0 Å². The number of hydrogen-bond donors (Lipinski definition) is 2. The Bertz CT molecular complexity index is 1560. The fourth-order valence-electron chi connectivity index (χ4n) is 5.76. The number of Topliss-reactive ketones (excluding diaryl/α,β-unsaturated/α-hetero) is 1. The lowest BCUT2D eigenvalue weighted by Crippen LogP contribution is -2.38. The van der Waals surface area contributed by atoms with Crippen molar-refractivity contribution in [1.29, 1.82) is 0 Å². The molecule has 1 heterocycles. The predicted octanol–water partition coefficient (Wildman–Crippen LogP) is 5.62. The monoisotopic (exact) mass is 574 g/mol. The molecule has 0 aromatic heterocycles. The second-order valence-corrected chi connectivity index (χ2v) is 10.1. The predicted molar refractivity (Wildman–Crippen MR) is 154 cm³/mol. The van der Waals surface area contributed by atoms with E-state index in [4.69, 9.17) is 14.2 Å². The second kappa shape index (κ2) is 11.9. The molecule has 2 atom stereocenters. The van der Waals surface area contributed by atoms with Gasteiger partial charge in [-0.1, -0.05) is 24.3 Å². The average Bonchev–Trinajstić information content (AvgIpc) is 3.13. The summed E-state index contributed by atoms with van der Waals surface area (Å²) in [6.45, 7) is 0. The highest BCUT2D eigenvalue weighted by Gasteiger charge is 2.42. The third kappa shape index (κ3) is 5.39. The lowest BCUT2D eigenvalue weighted by molar-refractivity contribution is -0.138. The summed E-state index contributed by atoms with van der Waals surface area (Å²) < 4.78 is 31.1. The van der Waals surface area contributed by atoms with Gasteiger partial charge >= 0.3 is 5.97 Å². The SMILES string of the molecule is COc1cc(C2CC(=O)C3=C(C2)Nc2ccccc2N(C(=O)CCC(=O)O)C3c2cccc(F)c2)cc(OC)c1OC. The van der Waals surface area contributed by atoms with Gasteiger partial charge in [-0.05, 0) is 59.9 Å². The number of fused-ring (bicyclic) bond motifs is 1. The number of halogens is 1. The molecule has 218 valence electrons. The van der Waals surface area contributed by atoms with Gasteiger partial charge in [-0.3, -0.25) is 19.3 Å². The Hall–Kier alpha value is -4.86. The van der Waals surface area contributed by atoms with E-state index in [9.17, 15) is 23.9 Å². The Balaban J connectivity index is 1.67. The molecule has 0 saturated carbocycles. The van der Waals surface area contributed by atoms with Gasteiger partial charge in [0.15, 0.2) is 17.3 Å². The lowest BCUT2D eigenvalue weighted by atomic mass is 9.78. The van der Waals surface area contributed by atoms with Gasteiger partial charge in [0.25, 0.3) is 0 Å². The number of anilines is 2. The van der Waals surface area contributed by atoms with Crippen molar-refractivity contribution < 1.29 is 38.1 Å². The summed E-state index contributed by atoms with van der Waals surface area (Å²) >= 11 is 0. The fourth-order valence-corrected chi connectivity index (χ4v) is 5.76. The van der Waals surface area contributed by atoms with E-state index in [0.29, 0.717) is 51.9 Å². The van der Waals surface area contributed by atoms with Crippen LogP contribution in [0.3, 0.4) is 0 Å². The Kier molecular flexibility index (Phi) is 8.15. The number of allylic oxidation sites excluding steroid dienone is 1. The van der Waals surface area contributed by atoms with Gasteiger partial charge in [0, 0.05) is 24.1 Å². The second-order valence-electron chi connectivity index (χ2n) is 10.1. The first kappa shape index (κ1) is 28.7. The molecule has 9 nitrogen and oxygen atoms in total. The van der Waals surface area contributed by atoms with Crippen molar-refractivity contribution >= 4 is 29.0 Å². The molecular weight excluding hydrogens is 543 g/mol. The molecule has 0 radical (unpaired) electrons. The van der Waals surface area contributed by atoms with Gasteiger partial charge in [-0.15, -0.1) is 0 Å². The molecule has 0 bridgehead atoms. The number of benzene rings is 3. The van der Waals surface area contributed by atoms with E-state index in [1.165, 1.54) is 44.4 Å². The quantitative estimate of drug-likeness (QED) is 0.357. The highest BCUT2D eigenvalue weighted by Crippen LogP contribution is 2.49. The Morgan fingerprint density at radius 2 is 1.64 bits per heavy atom. The first-order valence-electron chi connectivity index (χ1n) is 13.5. The van der Waals surface area contributed by atoms with Crippen LogP contribution in [0, 0.1) is 5.82 Å². The van der Waals surface area contributed by atoms with Crippen molar-refractivity contribution in [2.24, 2.45) is 0 Å². The molecule has 2 aliphatic rings. The molecule has 1 amide bonds. The van der Waals surface area contributed by atoms with Crippen molar-refractivity contribution in [3.63, 3.8) is 0 Å². The average molecular weight is 575 g/mol. The van der Waals surface area contributed by atoms with Crippen molar-refractivity contribution in [1.82, 2.24) is 0 Å². The first-order valence-corrected chi connectivity index (χ1v) is 13.5. The number of nitrogens with one attached hydrogen (secondary N) is 1. The Labute approximate surface area is 242 Å². The maximum absolute atomic E-state index is 14.6. The molecule has 10 heteroatoms. The number of ether oxygens (including phenoxy) is 3. The van der Waals surface area contributed by atoms with Crippen LogP contribution in [-0.2, 0) is 14.4 Å². The molecule has 5 rings (SSSR count). The van der Waals surface area contributed by atoms with Gasteiger partial charge in [-0.2, -0.15) is 0 Å². The summed E-state index contributed by atoms with van der Waals surface area (Å²) in [5, 5.41) is 12.7. The van der Waals surface area contributed by atoms with E-state index in [-0.39, 0.29) is 31.0 Å².